The minimum atomic E-state index is -4.08. The van der Waals surface area contributed by atoms with E-state index in [4.69, 9.17) is 4.55 Å². The van der Waals surface area contributed by atoms with E-state index >= 15 is 0 Å². The van der Waals surface area contributed by atoms with Crippen molar-refractivity contribution in [2.45, 2.75) is 52.2 Å². The number of rotatable bonds is 5. The first-order valence-electron chi connectivity index (χ1n) is 9.33. The van der Waals surface area contributed by atoms with Crippen molar-refractivity contribution in [1.29, 1.82) is 0 Å². The van der Waals surface area contributed by atoms with Crippen LogP contribution in [0.5, 0.6) is 0 Å². The average Bonchev–Trinajstić information content (AvgIpc) is 2.94. The molecule has 0 saturated heterocycles. The number of ketones is 1. The van der Waals surface area contributed by atoms with Crippen LogP contribution in [0.2, 0.25) is 0 Å². The number of Topliss-reactive ketones (excluding diaryl/α,β-unsaturated/α-hetero) is 1. The molecule has 2 fully saturated rings. The SMILES string of the molecule is CC1(C)[C@@H]2CC[C@@]1(CS(=O)(=O)O)C(=O)C2.CN[C@@H](C)[C@H](O)c1ccccc1. The average molecular weight is 398 g/mol. The number of likely N-dealkylation sites (N-methyl/N-ethyl adjacent to an activating group) is 1. The van der Waals surface area contributed by atoms with E-state index in [0.717, 1.165) is 12.0 Å². The Kier molecular flexibility index (Phi) is 6.52. The van der Waals surface area contributed by atoms with Gasteiger partial charge in [0, 0.05) is 12.5 Å². The van der Waals surface area contributed by atoms with Gasteiger partial charge in [-0.05, 0) is 43.7 Å². The summed E-state index contributed by atoms with van der Waals surface area (Å²) < 4.78 is 31.0. The van der Waals surface area contributed by atoms with E-state index in [1.807, 2.05) is 58.2 Å². The second-order valence-corrected chi connectivity index (χ2v) is 9.78. The van der Waals surface area contributed by atoms with Crippen LogP contribution in [0.1, 0.15) is 51.7 Å². The zero-order chi connectivity index (χ0) is 20.5. The van der Waals surface area contributed by atoms with Crippen molar-refractivity contribution < 1.29 is 22.9 Å². The summed E-state index contributed by atoms with van der Waals surface area (Å²) in [6.45, 7) is 5.85. The standard InChI is InChI=1S/C10H15NO.C10H16O4S/c1-8(11-2)10(12)9-6-4-3-5-7-9;1-9(2)7-3-4-10(9,8(11)5-7)6-15(12,13)14/h3-8,10-12H,1-2H3;7H,3-6H2,1-2H3,(H,12,13,14)/t8-,10-;7-,10-/m01/s1. The largest absolute Gasteiger partial charge is 0.387 e. The fourth-order valence-corrected chi connectivity index (χ4v) is 5.82. The molecule has 1 aromatic carbocycles. The highest BCUT2D eigenvalue weighted by Crippen LogP contribution is 2.64. The number of aliphatic hydroxyl groups is 1. The number of carbonyl (C=O) groups is 1. The highest BCUT2D eigenvalue weighted by atomic mass is 32.2. The number of hydrogen-bond acceptors (Lipinski definition) is 5. The molecule has 0 aliphatic heterocycles. The third-order valence-corrected chi connectivity index (χ3v) is 7.50. The van der Waals surface area contributed by atoms with Gasteiger partial charge in [-0.2, -0.15) is 8.42 Å². The van der Waals surface area contributed by atoms with Crippen LogP contribution in [0.3, 0.4) is 0 Å². The minimum absolute atomic E-state index is 0.0152. The molecule has 7 heteroatoms. The second kappa shape index (κ2) is 7.99. The summed E-state index contributed by atoms with van der Waals surface area (Å²) in [6.07, 6.45) is 1.55. The lowest BCUT2D eigenvalue weighted by Crippen LogP contribution is -2.42. The van der Waals surface area contributed by atoms with Gasteiger partial charge in [0.2, 0.25) is 0 Å². The van der Waals surface area contributed by atoms with Gasteiger partial charge in [-0.25, -0.2) is 0 Å². The molecule has 0 aromatic heterocycles. The number of benzene rings is 1. The third kappa shape index (κ3) is 4.42. The van der Waals surface area contributed by atoms with Gasteiger partial charge in [-0.1, -0.05) is 44.2 Å². The number of fused-ring (bicyclic) bond motifs is 2. The van der Waals surface area contributed by atoms with Crippen molar-refractivity contribution in [3.8, 4) is 0 Å². The summed E-state index contributed by atoms with van der Waals surface area (Å²) in [7, 11) is -2.23. The highest BCUT2D eigenvalue weighted by Gasteiger charge is 2.65. The molecule has 0 unspecified atom stereocenters. The molecule has 2 bridgehead atoms. The summed E-state index contributed by atoms with van der Waals surface area (Å²) >= 11 is 0. The Morgan fingerprint density at radius 3 is 2.26 bits per heavy atom. The fourth-order valence-electron chi connectivity index (χ4n) is 4.52. The van der Waals surface area contributed by atoms with Crippen LogP contribution in [0.15, 0.2) is 30.3 Å². The molecule has 0 heterocycles. The first-order valence-corrected chi connectivity index (χ1v) is 10.9. The highest BCUT2D eigenvalue weighted by molar-refractivity contribution is 7.85. The summed E-state index contributed by atoms with van der Waals surface area (Å²) in [5.74, 6) is -0.101. The molecule has 27 heavy (non-hydrogen) atoms. The molecule has 3 N–H and O–H groups in total. The van der Waals surface area contributed by atoms with Gasteiger partial charge in [0.05, 0.1) is 17.3 Å². The summed E-state index contributed by atoms with van der Waals surface area (Å²) in [4.78, 5) is 11.9. The topological polar surface area (TPSA) is 104 Å². The van der Waals surface area contributed by atoms with Gasteiger partial charge in [0.15, 0.2) is 0 Å². The van der Waals surface area contributed by atoms with E-state index < -0.39 is 27.4 Å². The number of aliphatic hydroxyl groups excluding tert-OH is 1. The van der Waals surface area contributed by atoms with Gasteiger partial charge >= 0.3 is 0 Å². The quantitative estimate of drug-likeness (QED) is 0.660. The molecule has 0 radical (unpaired) electrons. The Bertz CT molecular complexity index is 762. The van der Waals surface area contributed by atoms with Gasteiger partial charge in [-0.3, -0.25) is 9.35 Å². The normalized spacial score (nSPS) is 28.4. The van der Waals surface area contributed by atoms with Gasteiger partial charge in [0.25, 0.3) is 10.1 Å². The second-order valence-electron chi connectivity index (χ2n) is 8.33. The minimum Gasteiger partial charge on any atom is -0.387 e. The van der Waals surface area contributed by atoms with Crippen molar-refractivity contribution in [2.75, 3.05) is 12.8 Å². The maximum atomic E-state index is 11.9. The molecule has 1 aromatic rings. The molecular formula is C20H31NO5S. The molecule has 3 rings (SSSR count). The van der Waals surface area contributed by atoms with Crippen molar-refractivity contribution in [3.63, 3.8) is 0 Å². The zero-order valence-electron chi connectivity index (χ0n) is 16.5. The van der Waals surface area contributed by atoms with E-state index in [-0.39, 0.29) is 23.2 Å². The molecule has 6 nitrogen and oxygen atoms in total. The van der Waals surface area contributed by atoms with Gasteiger partial charge in [-0.15, -0.1) is 0 Å². The molecule has 152 valence electrons. The lowest BCUT2D eigenvalue weighted by atomic mass is 9.70. The molecule has 0 amide bonds. The van der Waals surface area contributed by atoms with E-state index in [1.54, 1.807) is 0 Å². The van der Waals surface area contributed by atoms with Crippen LogP contribution in [-0.2, 0) is 14.9 Å². The lowest BCUT2D eigenvalue weighted by Gasteiger charge is -2.35. The fraction of sp³-hybridized carbons (Fsp3) is 0.650. The molecular weight excluding hydrogens is 366 g/mol. The first kappa shape index (κ1) is 22.0. The maximum absolute atomic E-state index is 11.9. The Labute approximate surface area is 162 Å². The number of carbonyl (C=O) groups excluding carboxylic acids is 1. The smallest absolute Gasteiger partial charge is 0.265 e. The van der Waals surface area contributed by atoms with E-state index in [2.05, 4.69) is 5.32 Å². The number of hydrogen-bond donors (Lipinski definition) is 3. The van der Waals surface area contributed by atoms with E-state index in [9.17, 15) is 18.3 Å². The molecule has 2 saturated carbocycles. The maximum Gasteiger partial charge on any atom is 0.265 e. The van der Waals surface area contributed by atoms with Crippen LogP contribution in [-0.4, -0.2) is 42.7 Å². The predicted octanol–water partition coefficient (Wildman–Crippen LogP) is 2.60. The molecule has 2 aliphatic rings. The Morgan fingerprint density at radius 2 is 1.85 bits per heavy atom. The first-order chi connectivity index (χ1) is 12.4. The summed E-state index contributed by atoms with van der Waals surface area (Å²) in [5, 5.41) is 12.7. The van der Waals surface area contributed by atoms with E-state index in [0.29, 0.717) is 12.8 Å². The molecule has 4 atom stereocenters. The number of nitrogens with one attached hydrogen (secondary N) is 1. The third-order valence-electron chi connectivity index (χ3n) is 6.64. The van der Waals surface area contributed by atoms with Crippen LogP contribution in [0.4, 0.5) is 0 Å². The zero-order valence-corrected chi connectivity index (χ0v) is 17.3. The summed E-state index contributed by atoms with van der Waals surface area (Å²) in [6, 6.07) is 9.76. The van der Waals surface area contributed by atoms with E-state index in [1.165, 1.54) is 0 Å². The van der Waals surface area contributed by atoms with Crippen molar-refractivity contribution in [1.82, 2.24) is 5.32 Å². The van der Waals surface area contributed by atoms with Crippen LogP contribution >= 0.6 is 0 Å². The molecule has 2 aliphatic carbocycles. The van der Waals surface area contributed by atoms with Crippen LogP contribution in [0.25, 0.3) is 0 Å². The van der Waals surface area contributed by atoms with Gasteiger partial charge < -0.3 is 10.4 Å². The Hall–Kier alpha value is -1.28. The van der Waals surface area contributed by atoms with Gasteiger partial charge in [0.1, 0.15) is 5.78 Å². The van der Waals surface area contributed by atoms with Crippen LogP contribution in [0, 0.1) is 16.7 Å². The summed E-state index contributed by atoms with van der Waals surface area (Å²) in [5.41, 5.74) is -0.162. The van der Waals surface area contributed by atoms with Crippen molar-refractivity contribution in [2.24, 2.45) is 16.7 Å². The van der Waals surface area contributed by atoms with Crippen molar-refractivity contribution in [3.05, 3.63) is 35.9 Å². The predicted molar refractivity (Wildman–Crippen MR) is 105 cm³/mol. The Balaban J connectivity index is 0.000000199. The van der Waals surface area contributed by atoms with Crippen LogP contribution < -0.4 is 5.32 Å². The molecule has 0 spiro atoms. The lowest BCUT2D eigenvalue weighted by molar-refractivity contribution is -0.128. The van der Waals surface area contributed by atoms with Crippen molar-refractivity contribution >= 4 is 15.9 Å². The Morgan fingerprint density at radius 1 is 1.26 bits per heavy atom. The monoisotopic (exact) mass is 397 g/mol.